The molecule has 0 unspecified atom stereocenters. The van der Waals surface area contributed by atoms with Crippen molar-refractivity contribution in [2.24, 2.45) is 5.73 Å². The van der Waals surface area contributed by atoms with Crippen LogP contribution < -0.4 is 5.73 Å². The standard InChI is InChI=1S/C11H23NO2/c1-2-7-13-8-9-14-11(10-12)5-3-4-6-11/h2-10,12H2,1H3. The van der Waals surface area contributed by atoms with E-state index in [0.717, 1.165) is 25.9 Å². The van der Waals surface area contributed by atoms with E-state index in [-0.39, 0.29) is 5.60 Å². The molecule has 2 N–H and O–H groups in total. The minimum absolute atomic E-state index is 0.0183. The second-order valence-corrected chi connectivity index (χ2v) is 4.06. The molecule has 1 saturated carbocycles. The summed E-state index contributed by atoms with van der Waals surface area (Å²) in [6.45, 7) is 4.99. The van der Waals surface area contributed by atoms with Gasteiger partial charge in [0.1, 0.15) is 0 Å². The summed E-state index contributed by atoms with van der Waals surface area (Å²) >= 11 is 0. The molecule has 0 bridgehead atoms. The summed E-state index contributed by atoms with van der Waals surface area (Å²) in [4.78, 5) is 0. The lowest BCUT2D eigenvalue weighted by Gasteiger charge is -2.27. The van der Waals surface area contributed by atoms with Gasteiger partial charge in [-0.2, -0.15) is 0 Å². The van der Waals surface area contributed by atoms with E-state index >= 15 is 0 Å². The molecular weight excluding hydrogens is 178 g/mol. The van der Waals surface area contributed by atoms with Crippen molar-refractivity contribution in [1.82, 2.24) is 0 Å². The van der Waals surface area contributed by atoms with Gasteiger partial charge in [0.25, 0.3) is 0 Å². The number of hydrogen-bond acceptors (Lipinski definition) is 3. The first-order valence-corrected chi connectivity index (χ1v) is 5.75. The molecule has 0 spiro atoms. The first-order valence-electron chi connectivity index (χ1n) is 5.75. The molecule has 1 fully saturated rings. The highest BCUT2D eigenvalue weighted by atomic mass is 16.5. The topological polar surface area (TPSA) is 44.5 Å². The van der Waals surface area contributed by atoms with Crippen molar-refractivity contribution in [2.45, 2.75) is 44.6 Å². The minimum atomic E-state index is -0.0183. The third-order valence-corrected chi connectivity index (χ3v) is 2.87. The quantitative estimate of drug-likeness (QED) is 0.638. The van der Waals surface area contributed by atoms with Crippen LogP contribution in [0, 0.1) is 0 Å². The fraction of sp³-hybridized carbons (Fsp3) is 1.00. The molecule has 0 radical (unpaired) electrons. The number of nitrogens with two attached hydrogens (primary N) is 1. The lowest BCUT2D eigenvalue weighted by molar-refractivity contribution is -0.0580. The van der Waals surface area contributed by atoms with Gasteiger partial charge in [0.05, 0.1) is 18.8 Å². The van der Waals surface area contributed by atoms with Gasteiger partial charge < -0.3 is 15.2 Å². The minimum Gasteiger partial charge on any atom is -0.379 e. The second-order valence-electron chi connectivity index (χ2n) is 4.06. The largest absolute Gasteiger partial charge is 0.379 e. The fourth-order valence-corrected chi connectivity index (χ4v) is 1.99. The fourth-order valence-electron chi connectivity index (χ4n) is 1.99. The van der Waals surface area contributed by atoms with Gasteiger partial charge in [-0.3, -0.25) is 0 Å². The van der Waals surface area contributed by atoms with Crippen LogP contribution in [0.25, 0.3) is 0 Å². The van der Waals surface area contributed by atoms with Gasteiger partial charge in [0.2, 0.25) is 0 Å². The summed E-state index contributed by atoms with van der Waals surface area (Å²) in [6.07, 6.45) is 5.83. The zero-order chi connectivity index (χ0) is 10.3. The van der Waals surface area contributed by atoms with Crippen LogP contribution >= 0.6 is 0 Å². The predicted octanol–water partition coefficient (Wildman–Crippen LogP) is 1.70. The average Bonchev–Trinajstić information content (AvgIpc) is 2.67. The number of hydrogen-bond donors (Lipinski definition) is 1. The van der Waals surface area contributed by atoms with Crippen LogP contribution in [0.5, 0.6) is 0 Å². The van der Waals surface area contributed by atoms with Crippen LogP contribution in [0.15, 0.2) is 0 Å². The highest BCUT2D eigenvalue weighted by Crippen LogP contribution is 2.31. The first-order chi connectivity index (χ1) is 6.83. The van der Waals surface area contributed by atoms with Crippen LogP contribution in [0.3, 0.4) is 0 Å². The molecule has 14 heavy (non-hydrogen) atoms. The first kappa shape index (κ1) is 12.0. The van der Waals surface area contributed by atoms with Gasteiger partial charge in [-0.1, -0.05) is 19.8 Å². The summed E-state index contributed by atoms with van der Waals surface area (Å²) in [6, 6.07) is 0. The van der Waals surface area contributed by atoms with Crippen molar-refractivity contribution in [1.29, 1.82) is 0 Å². The number of rotatable bonds is 7. The van der Waals surface area contributed by atoms with E-state index in [9.17, 15) is 0 Å². The van der Waals surface area contributed by atoms with Gasteiger partial charge in [-0.05, 0) is 19.3 Å². The Balaban J connectivity index is 2.08. The predicted molar refractivity (Wildman–Crippen MR) is 57.3 cm³/mol. The molecule has 1 aliphatic rings. The SMILES string of the molecule is CCCOCCOC1(CN)CCCC1. The average molecular weight is 201 g/mol. The van der Waals surface area contributed by atoms with E-state index < -0.39 is 0 Å². The maximum absolute atomic E-state index is 5.84. The molecule has 0 heterocycles. The zero-order valence-electron chi connectivity index (χ0n) is 9.26. The Morgan fingerprint density at radius 2 is 1.86 bits per heavy atom. The Morgan fingerprint density at radius 1 is 1.14 bits per heavy atom. The second kappa shape index (κ2) is 6.38. The van der Waals surface area contributed by atoms with Crippen LogP contribution in [0.4, 0.5) is 0 Å². The maximum Gasteiger partial charge on any atom is 0.0805 e. The van der Waals surface area contributed by atoms with Crippen LogP contribution in [-0.4, -0.2) is 32.0 Å². The van der Waals surface area contributed by atoms with Crippen molar-refractivity contribution in [3.8, 4) is 0 Å². The molecule has 0 aromatic carbocycles. The van der Waals surface area contributed by atoms with Crippen molar-refractivity contribution < 1.29 is 9.47 Å². The molecule has 0 amide bonds. The van der Waals surface area contributed by atoms with Crippen LogP contribution in [-0.2, 0) is 9.47 Å². The zero-order valence-corrected chi connectivity index (χ0v) is 9.26. The lowest BCUT2D eigenvalue weighted by Crippen LogP contribution is -2.38. The highest BCUT2D eigenvalue weighted by molar-refractivity contribution is 4.87. The third-order valence-electron chi connectivity index (χ3n) is 2.87. The molecule has 3 heteroatoms. The Morgan fingerprint density at radius 3 is 2.43 bits per heavy atom. The molecule has 0 saturated heterocycles. The molecule has 0 aliphatic heterocycles. The third kappa shape index (κ3) is 3.56. The van der Waals surface area contributed by atoms with Crippen LogP contribution in [0.1, 0.15) is 39.0 Å². The van der Waals surface area contributed by atoms with Crippen LogP contribution in [0.2, 0.25) is 0 Å². The van der Waals surface area contributed by atoms with Crippen molar-refractivity contribution in [3.05, 3.63) is 0 Å². The van der Waals surface area contributed by atoms with Crippen molar-refractivity contribution in [2.75, 3.05) is 26.4 Å². The van der Waals surface area contributed by atoms with Crippen molar-refractivity contribution in [3.63, 3.8) is 0 Å². The van der Waals surface area contributed by atoms with Gasteiger partial charge in [0.15, 0.2) is 0 Å². The molecule has 1 aliphatic carbocycles. The van der Waals surface area contributed by atoms with E-state index in [0.29, 0.717) is 19.8 Å². The van der Waals surface area contributed by atoms with Gasteiger partial charge in [-0.25, -0.2) is 0 Å². The van der Waals surface area contributed by atoms with E-state index in [1.807, 2.05) is 0 Å². The Kier molecular flexibility index (Phi) is 5.45. The molecule has 3 nitrogen and oxygen atoms in total. The monoisotopic (exact) mass is 201 g/mol. The maximum atomic E-state index is 5.84. The molecule has 84 valence electrons. The highest BCUT2D eigenvalue weighted by Gasteiger charge is 2.32. The van der Waals surface area contributed by atoms with Crippen molar-refractivity contribution >= 4 is 0 Å². The summed E-state index contributed by atoms with van der Waals surface area (Å²) in [7, 11) is 0. The molecule has 0 atom stereocenters. The smallest absolute Gasteiger partial charge is 0.0805 e. The molecule has 0 aromatic rings. The van der Waals surface area contributed by atoms with Gasteiger partial charge >= 0.3 is 0 Å². The summed E-state index contributed by atoms with van der Waals surface area (Å²) in [5.74, 6) is 0. The summed E-state index contributed by atoms with van der Waals surface area (Å²) in [5.41, 5.74) is 5.73. The van der Waals surface area contributed by atoms with E-state index in [2.05, 4.69) is 6.92 Å². The summed E-state index contributed by atoms with van der Waals surface area (Å²) < 4.78 is 11.2. The van der Waals surface area contributed by atoms with Gasteiger partial charge in [0, 0.05) is 13.2 Å². The summed E-state index contributed by atoms with van der Waals surface area (Å²) in [5, 5.41) is 0. The van der Waals surface area contributed by atoms with E-state index in [1.165, 1.54) is 12.8 Å². The van der Waals surface area contributed by atoms with E-state index in [4.69, 9.17) is 15.2 Å². The number of ether oxygens (including phenoxy) is 2. The normalized spacial score (nSPS) is 20.1. The van der Waals surface area contributed by atoms with E-state index in [1.54, 1.807) is 0 Å². The molecule has 0 aromatic heterocycles. The Labute approximate surface area is 86.9 Å². The Hall–Kier alpha value is -0.120. The molecular formula is C11H23NO2. The Bertz CT molecular complexity index is 144. The van der Waals surface area contributed by atoms with Gasteiger partial charge in [-0.15, -0.1) is 0 Å². The molecule has 1 rings (SSSR count). The lowest BCUT2D eigenvalue weighted by atomic mass is 10.0.